The van der Waals surface area contributed by atoms with Crippen molar-refractivity contribution in [2.24, 2.45) is 5.10 Å². The summed E-state index contributed by atoms with van der Waals surface area (Å²) in [5, 5.41) is 5.94. The monoisotopic (exact) mass is 671 g/mol. The quantitative estimate of drug-likeness (QED) is 0.160. The highest BCUT2D eigenvalue weighted by Crippen LogP contribution is 2.35. The summed E-state index contributed by atoms with van der Waals surface area (Å²) >= 11 is 7.05. The number of benzene rings is 4. The number of hydrogen-bond donors (Lipinski definition) is 0. The molecule has 0 fully saturated rings. The summed E-state index contributed by atoms with van der Waals surface area (Å²) in [6.07, 6.45) is 1.57. The molecule has 0 spiro atoms. The highest BCUT2D eigenvalue weighted by Gasteiger charge is 2.18. The van der Waals surface area contributed by atoms with Gasteiger partial charge >= 0.3 is 0 Å². The molecular formula is C32H23Br2N3O4. The first-order chi connectivity index (χ1) is 19.9. The molecule has 0 N–H and O–H groups in total. The Morgan fingerprint density at radius 1 is 0.976 bits per heavy atom. The molecule has 2 heterocycles. The van der Waals surface area contributed by atoms with E-state index in [1.165, 1.54) is 10.2 Å². The van der Waals surface area contributed by atoms with E-state index in [9.17, 15) is 4.79 Å². The molecule has 7 nitrogen and oxygen atoms in total. The van der Waals surface area contributed by atoms with Crippen LogP contribution in [0, 0.1) is 6.92 Å². The fourth-order valence-corrected chi connectivity index (χ4v) is 5.30. The van der Waals surface area contributed by atoms with Crippen LogP contribution in [0.2, 0.25) is 0 Å². The van der Waals surface area contributed by atoms with E-state index in [-0.39, 0.29) is 11.4 Å². The largest absolute Gasteiger partial charge is 0.493 e. The summed E-state index contributed by atoms with van der Waals surface area (Å²) in [5.41, 5.74) is 3.69. The first-order valence-corrected chi connectivity index (χ1v) is 14.3. The highest BCUT2D eigenvalue weighted by molar-refractivity contribution is 9.10. The Labute approximate surface area is 252 Å². The summed E-state index contributed by atoms with van der Waals surface area (Å²) in [4.78, 5) is 18.5. The lowest BCUT2D eigenvalue weighted by molar-refractivity contribution is 0.284. The van der Waals surface area contributed by atoms with Crippen LogP contribution < -0.4 is 15.0 Å². The zero-order valence-electron chi connectivity index (χ0n) is 22.1. The van der Waals surface area contributed by atoms with Crippen molar-refractivity contribution in [1.82, 2.24) is 9.66 Å². The van der Waals surface area contributed by atoms with E-state index < -0.39 is 0 Å². The molecule has 0 amide bonds. The number of para-hydroxylation sites is 1. The third-order valence-corrected chi connectivity index (χ3v) is 7.49. The maximum Gasteiger partial charge on any atom is 0.282 e. The topological polar surface area (TPSA) is 78.9 Å². The number of furan rings is 1. The minimum atomic E-state index is -0.326. The number of rotatable bonds is 7. The molecule has 41 heavy (non-hydrogen) atoms. The van der Waals surface area contributed by atoms with Gasteiger partial charge in [-0.15, -0.1) is 0 Å². The van der Waals surface area contributed by atoms with Gasteiger partial charge in [0.25, 0.3) is 5.56 Å². The van der Waals surface area contributed by atoms with E-state index in [2.05, 4.69) is 37.0 Å². The summed E-state index contributed by atoms with van der Waals surface area (Å²) in [5.74, 6) is 1.72. The zero-order chi connectivity index (χ0) is 28.5. The van der Waals surface area contributed by atoms with Gasteiger partial charge in [-0.3, -0.25) is 4.79 Å². The predicted octanol–water partition coefficient (Wildman–Crippen LogP) is 8.11. The molecular weight excluding hydrogens is 650 g/mol. The van der Waals surface area contributed by atoms with Crippen LogP contribution in [0.4, 0.5) is 0 Å². The van der Waals surface area contributed by atoms with E-state index >= 15 is 0 Å². The van der Waals surface area contributed by atoms with E-state index in [1.54, 1.807) is 31.5 Å². The maximum atomic E-state index is 13.7. The Balaban J connectivity index is 1.47. The number of methoxy groups -OCH3 is 1. The van der Waals surface area contributed by atoms with Crippen molar-refractivity contribution < 1.29 is 13.9 Å². The van der Waals surface area contributed by atoms with Crippen molar-refractivity contribution in [2.75, 3.05) is 7.11 Å². The summed E-state index contributed by atoms with van der Waals surface area (Å²) < 4.78 is 20.9. The third-order valence-electron chi connectivity index (χ3n) is 6.54. The van der Waals surface area contributed by atoms with Crippen molar-refractivity contribution in [1.29, 1.82) is 0 Å². The molecule has 0 bridgehead atoms. The van der Waals surface area contributed by atoms with Gasteiger partial charge in [0.15, 0.2) is 17.3 Å². The second-order valence-corrected chi connectivity index (χ2v) is 11.2. The molecule has 0 aliphatic heterocycles. The Kier molecular flexibility index (Phi) is 7.47. The molecule has 9 heteroatoms. The van der Waals surface area contributed by atoms with Gasteiger partial charge in [-0.05, 0) is 61.0 Å². The molecule has 6 rings (SSSR count). The Morgan fingerprint density at radius 3 is 2.59 bits per heavy atom. The van der Waals surface area contributed by atoms with Crippen LogP contribution >= 0.6 is 31.9 Å². The van der Waals surface area contributed by atoms with Crippen molar-refractivity contribution in [3.8, 4) is 23.1 Å². The molecule has 2 aromatic heterocycles. The SMILES string of the molecule is COc1cc(Br)cc(C=Nn2c(-c3cc4cc(Br)ccc4o3)nc3ccccc3c2=O)c1OCc1ccc(C)cc1. The van der Waals surface area contributed by atoms with Crippen LogP contribution in [-0.2, 0) is 6.61 Å². The highest BCUT2D eigenvalue weighted by atomic mass is 79.9. The average Bonchev–Trinajstić information content (AvgIpc) is 3.39. The minimum Gasteiger partial charge on any atom is -0.493 e. The molecule has 0 saturated carbocycles. The molecule has 0 aliphatic carbocycles. The lowest BCUT2D eigenvalue weighted by atomic mass is 10.1. The maximum absolute atomic E-state index is 13.7. The first-order valence-electron chi connectivity index (χ1n) is 12.7. The van der Waals surface area contributed by atoms with Gasteiger partial charge in [0.05, 0.1) is 24.2 Å². The number of aryl methyl sites for hydroxylation is 1. The van der Waals surface area contributed by atoms with Crippen LogP contribution in [-0.4, -0.2) is 23.0 Å². The van der Waals surface area contributed by atoms with Crippen LogP contribution in [0.3, 0.4) is 0 Å². The Bertz CT molecular complexity index is 2000. The molecule has 204 valence electrons. The van der Waals surface area contributed by atoms with Gasteiger partial charge in [0.2, 0.25) is 5.82 Å². The first kappa shape index (κ1) is 27.0. The van der Waals surface area contributed by atoms with E-state index in [0.29, 0.717) is 45.9 Å². The predicted molar refractivity (Wildman–Crippen MR) is 168 cm³/mol. The lowest BCUT2D eigenvalue weighted by Crippen LogP contribution is -2.20. The fourth-order valence-electron chi connectivity index (χ4n) is 4.47. The molecule has 0 atom stereocenters. The van der Waals surface area contributed by atoms with Crippen LogP contribution in [0.15, 0.2) is 108 Å². The minimum absolute atomic E-state index is 0.279. The van der Waals surface area contributed by atoms with Crippen molar-refractivity contribution in [3.05, 3.63) is 121 Å². The standard InChI is InChI=1S/C32H23Br2N3O4/c1-19-7-9-20(10-8-19)18-40-30-22(14-24(34)16-28(30)39-2)17-35-37-31(36-26-6-4-3-5-25(26)32(37)38)29-15-21-13-23(33)11-12-27(21)41-29/h3-17H,18H2,1-2H3. The van der Waals surface area contributed by atoms with Crippen molar-refractivity contribution in [3.63, 3.8) is 0 Å². The zero-order valence-corrected chi connectivity index (χ0v) is 25.3. The normalized spacial score (nSPS) is 11.5. The molecule has 4 aromatic carbocycles. The molecule has 0 radical (unpaired) electrons. The van der Waals surface area contributed by atoms with Gasteiger partial charge in [-0.25, -0.2) is 4.98 Å². The van der Waals surface area contributed by atoms with Gasteiger partial charge in [0, 0.05) is 19.9 Å². The van der Waals surface area contributed by atoms with Crippen LogP contribution in [0.1, 0.15) is 16.7 Å². The van der Waals surface area contributed by atoms with Gasteiger partial charge in [-0.1, -0.05) is 73.8 Å². The Hall–Kier alpha value is -4.21. The molecule has 0 saturated heterocycles. The van der Waals surface area contributed by atoms with E-state index in [0.717, 1.165) is 19.9 Å². The van der Waals surface area contributed by atoms with Crippen molar-refractivity contribution in [2.45, 2.75) is 13.5 Å². The number of halogens is 2. The van der Waals surface area contributed by atoms with Gasteiger partial charge < -0.3 is 13.9 Å². The number of aromatic nitrogens is 2. The second-order valence-electron chi connectivity index (χ2n) is 9.41. The van der Waals surface area contributed by atoms with E-state index in [4.69, 9.17) is 18.9 Å². The fraction of sp³-hybridized carbons (Fsp3) is 0.0938. The molecule has 0 unspecified atom stereocenters. The number of nitrogens with zero attached hydrogens (tertiary/aromatic N) is 3. The number of ether oxygens (including phenoxy) is 2. The van der Waals surface area contributed by atoms with Crippen LogP contribution in [0.25, 0.3) is 33.5 Å². The van der Waals surface area contributed by atoms with E-state index in [1.807, 2.05) is 73.7 Å². The summed E-state index contributed by atoms with van der Waals surface area (Å²) in [7, 11) is 1.58. The Morgan fingerprint density at radius 2 is 1.78 bits per heavy atom. The van der Waals surface area contributed by atoms with Crippen LogP contribution in [0.5, 0.6) is 11.5 Å². The van der Waals surface area contributed by atoms with Crippen molar-refractivity contribution >= 4 is 59.9 Å². The average molecular weight is 673 g/mol. The molecule has 0 aliphatic rings. The smallest absolute Gasteiger partial charge is 0.282 e. The third kappa shape index (κ3) is 5.55. The lowest BCUT2D eigenvalue weighted by Gasteiger charge is -2.14. The van der Waals surface area contributed by atoms with Gasteiger partial charge in [-0.2, -0.15) is 9.78 Å². The number of fused-ring (bicyclic) bond motifs is 2. The summed E-state index contributed by atoms with van der Waals surface area (Å²) in [6, 6.07) is 26.5. The second kappa shape index (κ2) is 11.3. The van der Waals surface area contributed by atoms with Gasteiger partial charge in [0.1, 0.15) is 12.2 Å². The summed E-state index contributed by atoms with van der Waals surface area (Å²) in [6.45, 7) is 2.37. The number of hydrogen-bond acceptors (Lipinski definition) is 6. The molecule has 6 aromatic rings.